The lowest BCUT2D eigenvalue weighted by atomic mass is 9.54. The molecule has 0 aliphatic heterocycles. The minimum atomic E-state index is 0.205. The first kappa shape index (κ1) is 13.5. The third kappa shape index (κ3) is 2.55. The fourth-order valence-electron chi connectivity index (χ4n) is 5.19. The van der Waals surface area contributed by atoms with Gasteiger partial charge < -0.3 is 4.74 Å². The van der Waals surface area contributed by atoms with Gasteiger partial charge in [0.2, 0.25) is 0 Å². The van der Waals surface area contributed by atoms with Gasteiger partial charge in [0, 0.05) is 0 Å². The molecule has 4 saturated carbocycles. The Morgan fingerprint density at radius 1 is 0.895 bits per heavy atom. The number of hydrogen-bond acceptors (Lipinski definition) is 1. The predicted molar refractivity (Wildman–Crippen MR) is 78.6 cm³/mol. The normalized spacial score (nSPS) is 40.0. The van der Waals surface area contributed by atoms with Gasteiger partial charge in [0.05, 0.1) is 0 Å². The Labute approximate surface area is 118 Å². The van der Waals surface area contributed by atoms with E-state index in [1.165, 1.54) is 38.5 Å². The molecular weight excluding hydrogens is 234 g/mol. The highest BCUT2D eigenvalue weighted by atomic mass is 16.5. The Kier molecular flexibility index (Phi) is 3.39. The van der Waals surface area contributed by atoms with E-state index in [-0.39, 0.29) is 5.60 Å². The molecule has 0 aromatic carbocycles. The van der Waals surface area contributed by atoms with E-state index < -0.39 is 0 Å². The maximum Gasteiger partial charge on any atom is 0.324 e. The number of hydrogen-bond donors (Lipinski definition) is 0. The molecule has 4 aliphatic rings. The molecule has 108 valence electrons. The first-order valence-corrected chi connectivity index (χ1v) is 8.26. The van der Waals surface area contributed by atoms with Crippen LogP contribution in [0.3, 0.4) is 0 Å². The molecule has 0 N–H and O–H groups in total. The lowest BCUT2D eigenvalue weighted by molar-refractivity contribution is -0.591. The minimum Gasteiger partial charge on any atom is -0.444 e. The van der Waals surface area contributed by atoms with Crippen LogP contribution in [0.2, 0.25) is 0 Å². The maximum absolute atomic E-state index is 6.43. The van der Waals surface area contributed by atoms with E-state index in [1.807, 2.05) is 0 Å². The fraction of sp³-hybridized carbons (Fsp3) is 0.941. The predicted octanol–water partition coefficient (Wildman–Crippen LogP) is 3.83. The van der Waals surface area contributed by atoms with Crippen LogP contribution < -0.4 is 0 Å². The summed E-state index contributed by atoms with van der Waals surface area (Å²) in [7, 11) is 0. The van der Waals surface area contributed by atoms with Gasteiger partial charge in [0.15, 0.2) is 12.1 Å². The lowest BCUT2D eigenvalue weighted by Gasteiger charge is -2.55. The van der Waals surface area contributed by atoms with Crippen LogP contribution in [0.5, 0.6) is 0 Å². The van der Waals surface area contributed by atoms with Gasteiger partial charge in [0.25, 0.3) is 0 Å². The van der Waals surface area contributed by atoms with Crippen LogP contribution in [0.4, 0.5) is 0 Å². The van der Waals surface area contributed by atoms with Gasteiger partial charge in [-0.1, -0.05) is 0 Å². The first-order valence-electron chi connectivity index (χ1n) is 8.26. The van der Waals surface area contributed by atoms with Crippen LogP contribution in [0.1, 0.15) is 66.2 Å². The van der Waals surface area contributed by atoms with Crippen molar-refractivity contribution in [3.63, 3.8) is 0 Å². The molecule has 19 heavy (non-hydrogen) atoms. The van der Waals surface area contributed by atoms with Gasteiger partial charge in [0.1, 0.15) is 5.60 Å². The van der Waals surface area contributed by atoms with Crippen LogP contribution in [0.15, 0.2) is 0 Å². The molecule has 2 heteroatoms. The summed E-state index contributed by atoms with van der Waals surface area (Å²) in [4.78, 5) is 0. The second-order valence-corrected chi connectivity index (χ2v) is 7.96. The lowest BCUT2D eigenvalue weighted by Crippen LogP contribution is -2.52. The molecular formula is C17H30NO+. The van der Waals surface area contributed by atoms with E-state index in [9.17, 15) is 0 Å². The van der Waals surface area contributed by atoms with E-state index in [2.05, 4.69) is 38.7 Å². The molecule has 0 radical (unpaired) electrons. The van der Waals surface area contributed by atoms with Crippen molar-refractivity contribution in [1.29, 1.82) is 0 Å². The Bertz CT molecular complexity index is 324. The summed E-state index contributed by atoms with van der Waals surface area (Å²) < 4.78 is 8.79. The third-order valence-electron chi connectivity index (χ3n) is 5.60. The molecule has 4 rings (SSSR count). The van der Waals surface area contributed by atoms with E-state index in [0.717, 1.165) is 17.8 Å². The molecule has 4 bridgehead atoms. The summed E-state index contributed by atoms with van der Waals surface area (Å²) in [6, 6.07) is 1.04. The smallest absolute Gasteiger partial charge is 0.324 e. The summed E-state index contributed by atoms with van der Waals surface area (Å²) in [5.74, 6) is 2.89. The van der Waals surface area contributed by atoms with Crippen LogP contribution in [0, 0.1) is 17.8 Å². The quantitative estimate of drug-likeness (QED) is 0.427. The Morgan fingerprint density at radius 3 is 1.68 bits per heavy atom. The average molecular weight is 264 g/mol. The van der Waals surface area contributed by atoms with Gasteiger partial charge in [-0.15, -0.1) is 0 Å². The molecule has 0 unspecified atom stereocenters. The largest absolute Gasteiger partial charge is 0.444 e. The van der Waals surface area contributed by atoms with Crippen molar-refractivity contribution < 1.29 is 9.31 Å². The summed E-state index contributed by atoms with van der Waals surface area (Å²) in [6.45, 7) is 9.00. The molecule has 0 atom stereocenters. The van der Waals surface area contributed by atoms with E-state index >= 15 is 0 Å². The number of rotatable bonds is 4. The molecule has 0 amide bonds. The molecule has 2 nitrogen and oxygen atoms in total. The van der Waals surface area contributed by atoms with E-state index in [0.29, 0.717) is 12.1 Å². The van der Waals surface area contributed by atoms with Crippen LogP contribution in [0.25, 0.3) is 0 Å². The van der Waals surface area contributed by atoms with Crippen molar-refractivity contribution in [3.05, 3.63) is 0 Å². The van der Waals surface area contributed by atoms with Gasteiger partial charge in [-0.25, -0.2) is 4.58 Å². The summed E-state index contributed by atoms with van der Waals surface area (Å²) in [5.41, 5.74) is 0.205. The van der Waals surface area contributed by atoms with E-state index in [1.54, 1.807) is 0 Å². The van der Waals surface area contributed by atoms with Crippen molar-refractivity contribution in [2.45, 2.75) is 83.9 Å². The highest BCUT2D eigenvalue weighted by molar-refractivity contribution is 5.41. The second kappa shape index (κ2) is 4.79. The summed E-state index contributed by atoms with van der Waals surface area (Å²) in [6.07, 6.45) is 10.5. The van der Waals surface area contributed by atoms with Gasteiger partial charge >= 0.3 is 6.40 Å². The van der Waals surface area contributed by atoms with Gasteiger partial charge in [-0.05, 0) is 84.0 Å². The van der Waals surface area contributed by atoms with Crippen molar-refractivity contribution >= 4 is 6.40 Å². The molecule has 4 fully saturated rings. The fourth-order valence-corrected chi connectivity index (χ4v) is 5.19. The van der Waals surface area contributed by atoms with E-state index in [4.69, 9.17) is 4.74 Å². The first-order chi connectivity index (χ1) is 8.97. The van der Waals surface area contributed by atoms with Crippen LogP contribution in [-0.4, -0.2) is 28.7 Å². The molecule has 0 saturated heterocycles. The molecule has 0 heterocycles. The zero-order chi connectivity index (χ0) is 13.6. The summed E-state index contributed by atoms with van der Waals surface area (Å²) in [5, 5.41) is 0. The zero-order valence-corrected chi connectivity index (χ0v) is 13.1. The van der Waals surface area contributed by atoms with Crippen LogP contribution in [-0.2, 0) is 4.74 Å². The Morgan fingerprint density at radius 2 is 1.32 bits per heavy atom. The number of ether oxygens (including phenoxy) is 1. The topological polar surface area (TPSA) is 12.2 Å². The summed E-state index contributed by atoms with van der Waals surface area (Å²) >= 11 is 0. The SMILES string of the molecule is CC(C)[N+](=COC12CC3CC(CC(C3)C1)C2)C(C)C. The van der Waals surface area contributed by atoms with Crippen molar-refractivity contribution in [2.24, 2.45) is 17.8 Å². The highest BCUT2D eigenvalue weighted by Crippen LogP contribution is 2.56. The minimum absolute atomic E-state index is 0.205. The highest BCUT2D eigenvalue weighted by Gasteiger charge is 2.52. The Hall–Kier alpha value is -0.530. The van der Waals surface area contributed by atoms with Gasteiger partial charge in [-0.3, -0.25) is 0 Å². The second-order valence-electron chi connectivity index (χ2n) is 7.96. The van der Waals surface area contributed by atoms with Crippen LogP contribution >= 0.6 is 0 Å². The van der Waals surface area contributed by atoms with Crippen molar-refractivity contribution in [1.82, 2.24) is 0 Å². The molecule has 0 spiro atoms. The third-order valence-corrected chi connectivity index (χ3v) is 5.60. The zero-order valence-electron chi connectivity index (χ0n) is 13.1. The van der Waals surface area contributed by atoms with Crippen molar-refractivity contribution in [3.8, 4) is 0 Å². The molecule has 4 aliphatic carbocycles. The van der Waals surface area contributed by atoms with Crippen molar-refractivity contribution in [2.75, 3.05) is 0 Å². The maximum atomic E-state index is 6.43. The average Bonchev–Trinajstić information content (AvgIpc) is 2.25. The molecule has 0 aromatic heterocycles. The number of nitrogens with zero attached hydrogens (tertiary/aromatic N) is 1. The standard InChI is InChI=1S/C17H30NO/c1-12(2)18(13(3)4)11-19-17-8-14-5-15(9-17)7-16(6-14)10-17/h11-16H,5-10H2,1-4H3/q+1. The monoisotopic (exact) mass is 264 g/mol. The Balaban J connectivity index is 1.74. The molecule has 0 aromatic rings. The van der Waals surface area contributed by atoms with Gasteiger partial charge in [-0.2, -0.15) is 0 Å².